The Hall–Kier alpha value is -4.49. The van der Waals surface area contributed by atoms with E-state index in [2.05, 4.69) is 31.4 Å². The Bertz CT molecular complexity index is 1620. The van der Waals surface area contributed by atoms with E-state index in [0.29, 0.717) is 22.6 Å². The van der Waals surface area contributed by atoms with Gasteiger partial charge in [0.05, 0.1) is 11.8 Å². The van der Waals surface area contributed by atoms with Gasteiger partial charge in [-0.15, -0.1) is 0 Å². The summed E-state index contributed by atoms with van der Waals surface area (Å²) < 4.78 is 6.50. The number of ether oxygens (including phenoxy) is 1. The van der Waals surface area contributed by atoms with Gasteiger partial charge in [-0.2, -0.15) is 5.10 Å². The van der Waals surface area contributed by atoms with E-state index < -0.39 is 11.9 Å². The largest absolute Gasteiger partial charge is 0.422 e. The van der Waals surface area contributed by atoms with Crippen molar-refractivity contribution in [3.8, 4) is 16.9 Å². The van der Waals surface area contributed by atoms with E-state index in [0.717, 1.165) is 32.1 Å². The number of hydrogen-bond acceptors (Lipinski definition) is 4. The first-order chi connectivity index (χ1) is 18.0. The van der Waals surface area contributed by atoms with Crippen LogP contribution in [0.2, 0.25) is 0 Å². The summed E-state index contributed by atoms with van der Waals surface area (Å²) in [6.07, 6.45) is 1.46. The van der Waals surface area contributed by atoms with Crippen molar-refractivity contribution in [2.45, 2.75) is 6.92 Å². The standard InChI is InChI=1S/C30H22BrN3O3/c1-19-11-13-21(14-12-19)30(36)37-26-10-6-5-9-22(26)18-32-34-29(35)28-27(20-7-3-2-4-8-20)24-17-23(31)15-16-25(24)33-28/h2-18,33H,1H3,(H,34,35). The summed E-state index contributed by atoms with van der Waals surface area (Å²) >= 11 is 3.52. The average Bonchev–Trinajstić information content (AvgIpc) is 3.29. The van der Waals surface area contributed by atoms with Crippen molar-refractivity contribution >= 4 is 44.9 Å². The lowest BCUT2D eigenvalue weighted by atomic mass is 10.0. The van der Waals surface area contributed by atoms with Gasteiger partial charge in [-0.25, -0.2) is 10.2 Å². The fourth-order valence-corrected chi connectivity index (χ4v) is 4.35. The molecule has 0 spiro atoms. The number of nitrogens with zero attached hydrogens (tertiary/aromatic N) is 1. The molecule has 0 radical (unpaired) electrons. The molecule has 5 aromatic rings. The number of esters is 1. The van der Waals surface area contributed by atoms with Crippen LogP contribution in [-0.2, 0) is 0 Å². The highest BCUT2D eigenvalue weighted by Gasteiger charge is 2.19. The Morgan fingerprint density at radius 1 is 0.919 bits per heavy atom. The molecule has 1 heterocycles. The molecular weight excluding hydrogens is 530 g/mol. The van der Waals surface area contributed by atoms with Gasteiger partial charge < -0.3 is 9.72 Å². The minimum absolute atomic E-state index is 0.339. The van der Waals surface area contributed by atoms with E-state index in [1.54, 1.807) is 36.4 Å². The molecule has 0 saturated carbocycles. The summed E-state index contributed by atoms with van der Waals surface area (Å²) in [6, 6.07) is 29.7. The minimum atomic E-state index is -0.471. The van der Waals surface area contributed by atoms with Crippen LogP contribution in [0.15, 0.2) is 107 Å². The van der Waals surface area contributed by atoms with Crippen LogP contribution in [0.5, 0.6) is 5.75 Å². The zero-order valence-electron chi connectivity index (χ0n) is 19.9. The molecule has 0 aliphatic carbocycles. The number of para-hydroxylation sites is 1. The maximum atomic E-state index is 13.2. The lowest BCUT2D eigenvalue weighted by Gasteiger charge is -2.08. The van der Waals surface area contributed by atoms with Crippen molar-refractivity contribution < 1.29 is 14.3 Å². The summed E-state index contributed by atoms with van der Waals surface area (Å²) in [5, 5.41) is 5.07. The van der Waals surface area contributed by atoms with Crippen LogP contribution in [-0.4, -0.2) is 23.1 Å². The molecule has 182 valence electrons. The number of aromatic amines is 1. The molecule has 0 bridgehead atoms. The van der Waals surface area contributed by atoms with Gasteiger partial charge in [0.1, 0.15) is 11.4 Å². The van der Waals surface area contributed by atoms with E-state index in [1.807, 2.05) is 67.6 Å². The van der Waals surface area contributed by atoms with E-state index in [-0.39, 0.29) is 0 Å². The number of hydrazone groups is 1. The van der Waals surface area contributed by atoms with E-state index in [1.165, 1.54) is 6.21 Å². The number of carbonyl (C=O) groups excluding carboxylic acids is 2. The number of aromatic nitrogens is 1. The summed E-state index contributed by atoms with van der Waals surface area (Å²) in [5.74, 6) is -0.523. The number of fused-ring (bicyclic) bond motifs is 1. The number of aryl methyl sites for hydroxylation is 1. The second-order valence-electron chi connectivity index (χ2n) is 8.42. The third-order valence-corrected chi connectivity index (χ3v) is 6.32. The number of rotatable bonds is 6. The maximum Gasteiger partial charge on any atom is 0.343 e. The van der Waals surface area contributed by atoms with Gasteiger partial charge in [-0.05, 0) is 55.0 Å². The van der Waals surface area contributed by atoms with Crippen molar-refractivity contribution in [2.24, 2.45) is 5.10 Å². The maximum absolute atomic E-state index is 13.2. The highest BCUT2D eigenvalue weighted by Crippen LogP contribution is 2.34. The molecule has 0 aliphatic rings. The Balaban J connectivity index is 1.38. The molecular formula is C30H22BrN3O3. The molecule has 2 N–H and O–H groups in total. The molecule has 0 aliphatic heterocycles. The molecule has 5 rings (SSSR count). The predicted octanol–water partition coefficient (Wildman–Crippen LogP) is 6.89. The third-order valence-electron chi connectivity index (χ3n) is 5.83. The van der Waals surface area contributed by atoms with Gasteiger partial charge in [-0.1, -0.05) is 76.1 Å². The van der Waals surface area contributed by atoms with Gasteiger partial charge in [0.25, 0.3) is 5.91 Å². The molecule has 0 unspecified atom stereocenters. The first kappa shape index (κ1) is 24.2. The molecule has 0 saturated heterocycles. The topological polar surface area (TPSA) is 83.5 Å². The lowest BCUT2D eigenvalue weighted by molar-refractivity contribution is 0.0734. The molecule has 4 aromatic carbocycles. The number of amides is 1. The molecule has 1 amide bonds. The van der Waals surface area contributed by atoms with E-state index >= 15 is 0 Å². The fourth-order valence-electron chi connectivity index (χ4n) is 3.98. The zero-order chi connectivity index (χ0) is 25.8. The van der Waals surface area contributed by atoms with Gasteiger partial charge in [0, 0.05) is 26.5 Å². The number of hydrogen-bond donors (Lipinski definition) is 2. The highest BCUT2D eigenvalue weighted by molar-refractivity contribution is 9.10. The third kappa shape index (κ3) is 5.37. The Morgan fingerprint density at radius 3 is 2.43 bits per heavy atom. The monoisotopic (exact) mass is 551 g/mol. The van der Waals surface area contributed by atoms with Crippen molar-refractivity contribution in [3.63, 3.8) is 0 Å². The van der Waals surface area contributed by atoms with Crippen molar-refractivity contribution in [3.05, 3.63) is 124 Å². The quantitative estimate of drug-likeness (QED) is 0.104. The summed E-state index contributed by atoms with van der Waals surface area (Å²) in [4.78, 5) is 29.0. The van der Waals surface area contributed by atoms with Gasteiger partial charge >= 0.3 is 5.97 Å². The van der Waals surface area contributed by atoms with Gasteiger partial charge in [0.15, 0.2) is 0 Å². The van der Waals surface area contributed by atoms with Crippen LogP contribution in [0.3, 0.4) is 0 Å². The van der Waals surface area contributed by atoms with E-state index in [4.69, 9.17) is 4.74 Å². The molecule has 37 heavy (non-hydrogen) atoms. The van der Waals surface area contributed by atoms with Crippen LogP contribution in [0.25, 0.3) is 22.0 Å². The molecule has 6 nitrogen and oxygen atoms in total. The number of benzene rings is 4. The van der Waals surface area contributed by atoms with Gasteiger partial charge in [-0.3, -0.25) is 4.79 Å². The summed E-state index contributed by atoms with van der Waals surface area (Å²) in [6.45, 7) is 1.95. The summed E-state index contributed by atoms with van der Waals surface area (Å²) in [5.41, 5.74) is 7.59. The first-order valence-electron chi connectivity index (χ1n) is 11.6. The second-order valence-corrected chi connectivity index (χ2v) is 9.34. The first-order valence-corrected chi connectivity index (χ1v) is 12.4. The van der Waals surface area contributed by atoms with E-state index in [9.17, 15) is 9.59 Å². The van der Waals surface area contributed by atoms with Crippen LogP contribution in [0, 0.1) is 6.92 Å². The van der Waals surface area contributed by atoms with Crippen LogP contribution in [0.1, 0.15) is 32.0 Å². The predicted molar refractivity (Wildman–Crippen MR) is 149 cm³/mol. The van der Waals surface area contributed by atoms with Crippen LogP contribution < -0.4 is 10.2 Å². The average molecular weight is 552 g/mol. The van der Waals surface area contributed by atoms with Crippen molar-refractivity contribution in [2.75, 3.05) is 0 Å². The lowest BCUT2D eigenvalue weighted by Crippen LogP contribution is -2.19. The Morgan fingerprint density at radius 2 is 1.65 bits per heavy atom. The highest BCUT2D eigenvalue weighted by atomic mass is 79.9. The summed E-state index contributed by atoms with van der Waals surface area (Å²) in [7, 11) is 0. The van der Waals surface area contributed by atoms with Gasteiger partial charge in [0.2, 0.25) is 0 Å². The molecule has 7 heteroatoms. The molecule has 1 aromatic heterocycles. The normalized spacial score (nSPS) is 11.1. The molecule has 0 fully saturated rings. The van der Waals surface area contributed by atoms with Crippen LogP contribution >= 0.6 is 15.9 Å². The minimum Gasteiger partial charge on any atom is -0.422 e. The number of carbonyl (C=O) groups is 2. The zero-order valence-corrected chi connectivity index (χ0v) is 21.5. The Labute approximate surface area is 222 Å². The SMILES string of the molecule is Cc1ccc(C(=O)Oc2ccccc2C=NNC(=O)c2[nH]c3ccc(Br)cc3c2-c2ccccc2)cc1. The number of halogens is 1. The number of nitrogens with one attached hydrogen (secondary N) is 2. The fraction of sp³-hybridized carbons (Fsp3) is 0.0333. The smallest absolute Gasteiger partial charge is 0.343 e. The second kappa shape index (κ2) is 10.6. The van der Waals surface area contributed by atoms with Crippen molar-refractivity contribution in [1.82, 2.24) is 10.4 Å². The number of H-pyrrole nitrogens is 1. The molecule has 0 atom stereocenters. The Kier molecular flexibility index (Phi) is 6.96. The van der Waals surface area contributed by atoms with Crippen molar-refractivity contribution in [1.29, 1.82) is 0 Å². The van der Waals surface area contributed by atoms with Crippen LogP contribution in [0.4, 0.5) is 0 Å².